The Labute approximate surface area is 213 Å². The van der Waals surface area contributed by atoms with Crippen molar-refractivity contribution >= 4 is 23.7 Å². The number of benzene rings is 1. The van der Waals surface area contributed by atoms with Gasteiger partial charge in [0.1, 0.15) is 18.0 Å². The van der Waals surface area contributed by atoms with Crippen LogP contribution in [0.4, 0.5) is 22.4 Å². The Kier molecular flexibility index (Phi) is 6.61. The number of rotatable bonds is 8. The fraction of sp³-hybridized carbons (Fsp3) is 0.417. The second-order valence-corrected chi connectivity index (χ2v) is 8.78. The van der Waals surface area contributed by atoms with E-state index in [9.17, 15) is 15.0 Å². The molecule has 0 radical (unpaired) electrons. The zero-order chi connectivity index (χ0) is 26.1. The quantitative estimate of drug-likeness (QED) is 0.409. The number of amides is 1. The monoisotopic (exact) mass is 511 g/mol. The number of fused-ring (bicyclic) bond motifs is 1. The normalized spacial score (nSPS) is 16.6. The van der Waals surface area contributed by atoms with Crippen LogP contribution in [0, 0.1) is 0 Å². The minimum absolute atomic E-state index is 0.00362. The van der Waals surface area contributed by atoms with Gasteiger partial charge in [0.2, 0.25) is 11.7 Å². The number of anilines is 3. The highest BCUT2D eigenvalue weighted by molar-refractivity contribution is 5.69. The van der Waals surface area contributed by atoms with Crippen LogP contribution >= 0.6 is 0 Å². The molecule has 13 heteroatoms. The molecule has 1 atom stereocenters. The van der Waals surface area contributed by atoms with Crippen LogP contribution in [0.25, 0.3) is 5.69 Å². The van der Waals surface area contributed by atoms with E-state index in [2.05, 4.69) is 15.3 Å². The van der Waals surface area contributed by atoms with Gasteiger partial charge in [0.05, 0.1) is 64.6 Å². The van der Waals surface area contributed by atoms with Gasteiger partial charge in [-0.3, -0.25) is 4.90 Å². The van der Waals surface area contributed by atoms with Crippen LogP contribution < -0.4 is 24.4 Å². The predicted molar refractivity (Wildman–Crippen MR) is 133 cm³/mol. The van der Waals surface area contributed by atoms with Crippen molar-refractivity contribution in [3.05, 3.63) is 35.9 Å². The molecule has 3 aromatic rings. The summed E-state index contributed by atoms with van der Waals surface area (Å²) in [5.74, 6) is 2.97. The summed E-state index contributed by atoms with van der Waals surface area (Å²) in [6.45, 7) is 1.07. The molecule has 1 amide bonds. The lowest BCUT2D eigenvalue weighted by Crippen LogP contribution is -2.33. The molecule has 2 aliphatic rings. The standard InChI is InChI=1S/C24H29N7O6/c1-35-18-7-15(8-19(36-2)21(18)37-3)30-11-20(25-13-30)27-22-16-9-29(24(33)34)10-17(16)26-23(28-22)31-6-4-5-14(31)12-32/h7-8,11,13-14,32H,4-6,9-10,12H2,1-3H3,(H,33,34)(H,26,27,28). The summed E-state index contributed by atoms with van der Waals surface area (Å²) in [6.07, 6.45) is 4.17. The van der Waals surface area contributed by atoms with E-state index in [1.165, 1.54) is 4.90 Å². The number of imidazole rings is 1. The third-order valence-electron chi connectivity index (χ3n) is 6.66. The Bertz CT molecular complexity index is 1290. The first-order valence-corrected chi connectivity index (χ1v) is 11.8. The number of aliphatic hydroxyl groups excluding tert-OH is 1. The highest BCUT2D eigenvalue weighted by Crippen LogP contribution is 2.39. The zero-order valence-electron chi connectivity index (χ0n) is 20.8. The van der Waals surface area contributed by atoms with Crippen molar-refractivity contribution in [2.75, 3.05) is 44.7 Å². The van der Waals surface area contributed by atoms with E-state index in [4.69, 9.17) is 19.2 Å². The van der Waals surface area contributed by atoms with E-state index in [1.807, 2.05) is 4.90 Å². The van der Waals surface area contributed by atoms with Crippen molar-refractivity contribution in [2.45, 2.75) is 32.0 Å². The van der Waals surface area contributed by atoms with Gasteiger partial charge in [-0.2, -0.15) is 4.98 Å². The van der Waals surface area contributed by atoms with Crippen molar-refractivity contribution in [1.29, 1.82) is 0 Å². The van der Waals surface area contributed by atoms with Crippen molar-refractivity contribution in [3.63, 3.8) is 0 Å². The number of nitrogens with zero attached hydrogens (tertiary/aromatic N) is 6. The maximum atomic E-state index is 11.7. The van der Waals surface area contributed by atoms with Crippen LogP contribution in [-0.4, -0.2) is 81.2 Å². The summed E-state index contributed by atoms with van der Waals surface area (Å²) in [5, 5.41) is 22.6. The lowest BCUT2D eigenvalue weighted by molar-refractivity contribution is 0.145. The van der Waals surface area contributed by atoms with Crippen molar-refractivity contribution in [1.82, 2.24) is 24.4 Å². The zero-order valence-corrected chi connectivity index (χ0v) is 20.8. The molecule has 0 spiro atoms. The van der Waals surface area contributed by atoms with Gasteiger partial charge >= 0.3 is 6.09 Å². The van der Waals surface area contributed by atoms with E-state index in [0.717, 1.165) is 25.1 Å². The van der Waals surface area contributed by atoms with Crippen molar-refractivity contribution in [2.24, 2.45) is 0 Å². The minimum Gasteiger partial charge on any atom is -0.493 e. The molecule has 1 fully saturated rings. The average Bonchev–Trinajstić information content (AvgIpc) is 3.67. The Hall–Kier alpha value is -4.26. The lowest BCUT2D eigenvalue weighted by atomic mass is 10.2. The summed E-state index contributed by atoms with van der Waals surface area (Å²) < 4.78 is 18.1. The number of aliphatic hydroxyl groups is 1. The number of hydrogen-bond donors (Lipinski definition) is 3. The van der Waals surface area contributed by atoms with Gasteiger partial charge in [-0.1, -0.05) is 0 Å². The number of carboxylic acid groups (broad SMARTS) is 1. The molecule has 2 aromatic heterocycles. The van der Waals surface area contributed by atoms with Crippen LogP contribution in [0.1, 0.15) is 24.1 Å². The third-order valence-corrected chi connectivity index (χ3v) is 6.66. The van der Waals surface area contributed by atoms with Gasteiger partial charge in [0, 0.05) is 24.2 Å². The van der Waals surface area contributed by atoms with Gasteiger partial charge in [-0.25, -0.2) is 14.8 Å². The Morgan fingerprint density at radius 2 is 1.89 bits per heavy atom. The van der Waals surface area contributed by atoms with Crippen molar-refractivity contribution < 1.29 is 29.2 Å². The number of methoxy groups -OCH3 is 3. The fourth-order valence-electron chi connectivity index (χ4n) is 4.76. The highest BCUT2D eigenvalue weighted by Gasteiger charge is 2.32. The van der Waals surface area contributed by atoms with E-state index in [1.54, 1.807) is 50.6 Å². The number of hydrogen-bond acceptors (Lipinski definition) is 10. The smallest absolute Gasteiger partial charge is 0.407 e. The van der Waals surface area contributed by atoms with Crippen LogP contribution in [0.5, 0.6) is 17.2 Å². The number of nitrogens with one attached hydrogen (secondary N) is 1. The molecule has 1 saturated heterocycles. The topological polar surface area (TPSA) is 147 Å². The lowest BCUT2D eigenvalue weighted by Gasteiger charge is -2.24. The summed E-state index contributed by atoms with van der Waals surface area (Å²) >= 11 is 0. The predicted octanol–water partition coefficient (Wildman–Crippen LogP) is 2.39. The first-order valence-electron chi connectivity index (χ1n) is 11.8. The van der Waals surface area contributed by atoms with E-state index in [-0.39, 0.29) is 25.7 Å². The minimum atomic E-state index is -1.02. The van der Waals surface area contributed by atoms with Crippen LogP contribution in [0.2, 0.25) is 0 Å². The molecular formula is C24H29N7O6. The third kappa shape index (κ3) is 4.53. The van der Waals surface area contributed by atoms with E-state index >= 15 is 0 Å². The molecule has 3 N–H and O–H groups in total. The summed E-state index contributed by atoms with van der Waals surface area (Å²) in [5.41, 5.74) is 2.08. The molecule has 5 rings (SSSR count). The van der Waals surface area contributed by atoms with Gasteiger partial charge in [0.25, 0.3) is 0 Å². The second-order valence-electron chi connectivity index (χ2n) is 8.78. The number of ether oxygens (including phenoxy) is 3. The summed E-state index contributed by atoms with van der Waals surface area (Å²) in [7, 11) is 4.65. The maximum Gasteiger partial charge on any atom is 0.407 e. The van der Waals surface area contributed by atoms with E-state index in [0.29, 0.717) is 46.1 Å². The first kappa shape index (κ1) is 24.4. The van der Waals surface area contributed by atoms with Gasteiger partial charge in [-0.15, -0.1) is 0 Å². The number of aromatic nitrogens is 4. The Morgan fingerprint density at radius 1 is 1.14 bits per heavy atom. The van der Waals surface area contributed by atoms with Crippen molar-refractivity contribution in [3.8, 4) is 22.9 Å². The number of carbonyl (C=O) groups is 1. The molecule has 1 unspecified atom stereocenters. The first-order chi connectivity index (χ1) is 17.9. The molecule has 13 nitrogen and oxygen atoms in total. The Balaban J connectivity index is 1.48. The molecule has 0 aliphatic carbocycles. The molecule has 37 heavy (non-hydrogen) atoms. The molecule has 2 aliphatic heterocycles. The molecule has 0 saturated carbocycles. The molecule has 1 aromatic carbocycles. The van der Waals surface area contributed by atoms with Gasteiger partial charge < -0.3 is 39.2 Å². The van der Waals surface area contributed by atoms with Gasteiger partial charge in [0.15, 0.2) is 11.5 Å². The van der Waals surface area contributed by atoms with E-state index < -0.39 is 6.09 Å². The molecule has 196 valence electrons. The van der Waals surface area contributed by atoms with Crippen LogP contribution in [0.15, 0.2) is 24.7 Å². The fourth-order valence-corrected chi connectivity index (χ4v) is 4.76. The summed E-state index contributed by atoms with van der Waals surface area (Å²) in [4.78, 5) is 28.8. The average molecular weight is 512 g/mol. The van der Waals surface area contributed by atoms with Crippen LogP contribution in [0.3, 0.4) is 0 Å². The molecule has 4 heterocycles. The summed E-state index contributed by atoms with van der Waals surface area (Å²) in [6, 6.07) is 3.54. The SMILES string of the molecule is COc1cc(-n2cnc(Nc3nc(N4CCCC4CO)nc4c3CN(C(=O)O)C4)c2)cc(OC)c1OC. The largest absolute Gasteiger partial charge is 0.493 e. The Morgan fingerprint density at radius 3 is 2.54 bits per heavy atom. The van der Waals surface area contributed by atoms with Gasteiger partial charge in [-0.05, 0) is 12.8 Å². The molecule has 0 bridgehead atoms. The highest BCUT2D eigenvalue weighted by atomic mass is 16.5. The van der Waals surface area contributed by atoms with Crippen LogP contribution in [-0.2, 0) is 13.1 Å². The molecular weight excluding hydrogens is 482 g/mol. The maximum absolute atomic E-state index is 11.7. The second kappa shape index (κ2) is 10.0.